The molecule has 1 aromatic carbocycles. The summed E-state index contributed by atoms with van der Waals surface area (Å²) in [5, 5.41) is 20.8. The molecule has 0 aliphatic rings. The molecule has 2 aromatic rings. The third kappa shape index (κ3) is 4.04. The Balaban J connectivity index is 2.02. The molecule has 9 heteroatoms. The Hall–Kier alpha value is -2.42. The van der Waals surface area contributed by atoms with E-state index in [4.69, 9.17) is 9.84 Å². The van der Waals surface area contributed by atoms with Gasteiger partial charge in [-0.05, 0) is 41.6 Å². The van der Waals surface area contributed by atoms with Crippen molar-refractivity contribution in [3.8, 4) is 5.69 Å². The third-order valence-electron chi connectivity index (χ3n) is 2.64. The van der Waals surface area contributed by atoms with Gasteiger partial charge in [-0.1, -0.05) is 11.8 Å². The van der Waals surface area contributed by atoms with Crippen LogP contribution in [0.4, 0.5) is 0 Å². The smallest absolute Gasteiger partial charge is 0.335 e. The molecule has 1 heterocycles. The maximum atomic E-state index is 11.3. The van der Waals surface area contributed by atoms with Gasteiger partial charge in [-0.25, -0.2) is 4.79 Å². The molecule has 0 aliphatic heterocycles. The fraction of sp³-hybridized carbons (Fsp3) is 0.308. The number of esters is 1. The predicted octanol–water partition coefficient (Wildman–Crippen LogP) is 1.41. The molecule has 0 amide bonds. The van der Waals surface area contributed by atoms with Gasteiger partial charge in [0.1, 0.15) is 0 Å². The normalized spacial score (nSPS) is 10.4. The first-order valence-corrected chi connectivity index (χ1v) is 7.51. The van der Waals surface area contributed by atoms with Crippen LogP contribution in [0.15, 0.2) is 29.4 Å². The first-order chi connectivity index (χ1) is 10.6. The number of carboxylic acids is 1. The summed E-state index contributed by atoms with van der Waals surface area (Å²) in [4.78, 5) is 22.1. The van der Waals surface area contributed by atoms with E-state index in [9.17, 15) is 9.59 Å². The molecule has 0 spiro atoms. The van der Waals surface area contributed by atoms with E-state index in [0.29, 0.717) is 23.2 Å². The zero-order valence-corrected chi connectivity index (χ0v) is 12.6. The van der Waals surface area contributed by atoms with Crippen LogP contribution in [0.1, 0.15) is 23.7 Å². The van der Waals surface area contributed by atoms with Gasteiger partial charge in [0, 0.05) is 5.75 Å². The first-order valence-electron chi connectivity index (χ1n) is 6.52. The number of carboxylic acid groups (broad SMARTS) is 1. The predicted molar refractivity (Wildman–Crippen MR) is 78.1 cm³/mol. The molecule has 1 aromatic heterocycles. The van der Waals surface area contributed by atoms with Crippen molar-refractivity contribution in [3.05, 3.63) is 29.8 Å². The van der Waals surface area contributed by atoms with Gasteiger partial charge in [0.25, 0.3) is 0 Å². The summed E-state index contributed by atoms with van der Waals surface area (Å²) in [5.41, 5.74) is 0.835. The number of nitrogens with zero attached hydrogens (tertiary/aromatic N) is 4. The summed E-state index contributed by atoms with van der Waals surface area (Å²) in [6.45, 7) is 2.11. The van der Waals surface area contributed by atoms with Crippen LogP contribution in [-0.2, 0) is 9.53 Å². The van der Waals surface area contributed by atoms with Crippen molar-refractivity contribution >= 4 is 23.7 Å². The van der Waals surface area contributed by atoms with E-state index in [-0.39, 0.29) is 18.0 Å². The molecule has 116 valence electrons. The number of carbonyl (C=O) groups excluding carboxylic acids is 1. The van der Waals surface area contributed by atoms with Crippen molar-refractivity contribution in [2.45, 2.75) is 18.5 Å². The third-order valence-corrected chi connectivity index (χ3v) is 3.56. The minimum absolute atomic E-state index is 0.188. The van der Waals surface area contributed by atoms with Gasteiger partial charge < -0.3 is 9.84 Å². The Morgan fingerprint density at radius 1 is 1.32 bits per heavy atom. The van der Waals surface area contributed by atoms with Gasteiger partial charge in [-0.3, -0.25) is 4.79 Å². The standard InChI is InChI=1S/C13H14N4O4S/c1-2-21-11(18)7-8-22-13-14-15-16-17(13)10-5-3-9(4-6-10)12(19)20/h3-6H,2,7-8H2,1H3,(H,19,20). The van der Waals surface area contributed by atoms with Crippen molar-refractivity contribution in [1.29, 1.82) is 0 Å². The van der Waals surface area contributed by atoms with Gasteiger partial charge in [0.15, 0.2) is 0 Å². The molecule has 1 N–H and O–H groups in total. The quantitative estimate of drug-likeness (QED) is 0.602. The average Bonchev–Trinajstić information content (AvgIpc) is 2.96. The van der Waals surface area contributed by atoms with Crippen molar-refractivity contribution in [2.24, 2.45) is 0 Å². The Bertz CT molecular complexity index is 656. The average molecular weight is 322 g/mol. The van der Waals surface area contributed by atoms with Crippen LogP contribution in [0.5, 0.6) is 0 Å². The fourth-order valence-electron chi connectivity index (χ4n) is 1.63. The zero-order chi connectivity index (χ0) is 15.9. The highest BCUT2D eigenvalue weighted by Crippen LogP contribution is 2.19. The van der Waals surface area contributed by atoms with E-state index >= 15 is 0 Å². The van der Waals surface area contributed by atoms with Crippen LogP contribution in [0.2, 0.25) is 0 Å². The SMILES string of the molecule is CCOC(=O)CCSc1nnnn1-c1ccc(C(=O)O)cc1. The van der Waals surface area contributed by atoms with Gasteiger partial charge >= 0.3 is 11.9 Å². The maximum absolute atomic E-state index is 11.3. The summed E-state index contributed by atoms with van der Waals surface area (Å²) in [6.07, 6.45) is 0.267. The number of hydrogen-bond acceptors (Lipinski definition) is 7. The number of ether oxygens (including phenoxy) is 1. The number of aromatic nitrogens is 4. The number of aromatic carboxylic acids is 1. The van der Waals surface area contributed by atoms with E-state index < -0.39 is 5.97 Å². The molecular weight excluding hydrogens is 308 g/mol. The van der Waals surface area contributed by atoms with Crippen LogP contribution < -0.4 is 0 Å². The maximum Gasteiger partial charge on any atom is 0.335 e. The Morgan fingerprint density at radius 2 is 2.05 bits per heavy atom. The monoisotopic (exact) mass is 322 g/mol. The summed E-state index contributed by atoms with van der Waals surface area (Å²) in [6, 6.07) is 6.20. The highest BCUT2D eigenvalue weighted by molar-refractivity contribution is 7.99. The number of rotatable bonds is 7. The molecule has 0 radical (unpaired) electrons. The molecule has 8 nitrogen and oxygen atoms in total. The Kier molecular flexibility index (Phi) is 5.48. The number of tetrazole rings is 1. The van der Waals surface area contributed by atoms with Crippen molar-refractivity contribution in [1.82, 2.24) is 20.2 Å². The van der Waals surface area contributed by atoms with E-state index in [1.165, 1.54) is 28.6 Å². The lowest BCUT2D eigenvalue weighted by Crippen LogP contribution is -2.05. The minimum Gasteiger partial charge on any atom is -0.478 e. The van der Waals surface area contributed by atoms with Gasteiger partial charge in [-0.15, -0.1) is 5.10 Å². The van der Waals surface area contributed by atoms with Gasteiger partial charge in [-0.2, -0.15) is 4.68 Å². The largest absolute Gasteiger partial charge is 0.478 e. The Labute approximate surface area is 130 Å². The second-order valence-corrected chi connectivity index (χ2v) is 5.19. The van der Waals surface area contributed by atoms with Crippen LogP contribution >= 0.6 is 11.8 Å². The second kappa shape index (κ2) is 7.55. The molecule has 0 saturated carbocycles. The highest BCUT2D eigenvalue weighted by atomic mass is 32.2. The fourth-order valence-corrected chi connectivity index (χ4v) is 2.44. The number of carbonyl (C=O) groups is 2. The van der Waals surface area contributed by atoms with Gasteiger partial charge in [0.05, 0.1) is 24.3 Å². The number of benzene rings is 1. The lowest BCUT2D eigenvalue weighted by Gasteiger charge is -2.04. The number of hydrogen-bond donors (Lipinski definition) is 1. The van der Waals surface area contributed by atoms with Crippen molar-refractivity contribution in [3.63, 3.8) is 0 Å². The van der Waals surface area contributed by atoms with Crippen LogP contribution in [0.25, 0.3) is 5.69 Å². The summed E-state index contributed by atoms with van der Waals surface area (Å²) >= 11 is 1.32. The molecule has 0 bridgehead atoms. The Morgan fingerprint density at radius 3 is 2.68 bits per heavy atom. The summed E-state index contributed by atoms with van der Waals surface area (Å²) in [5.74, 6) is -0.765. The van der Waals surface area contributed by atoms with E-state index in [2.05, 4.69) is 15.5 Å². The lowest BCUT2D eigenvalue weighted by molar-refractivity contribution is -0.142. The molecule has 0 unspecified atom stereocenters. The number of thioether (sulfide) groups is 1. The second-order valence-electron chi connectivity index (χ2n) is 4.13. The first kappa shape index (κ1) is 16.0. The molecule has 2 rings (SSSR count). The topological polar surface area (TPSA) is 107 Å². The van der Waals surface area contributed by atoms with E-state index in [1.54, 1.807) is 19.1 Å². The van der Waals surface area contributed by atoms with Crippen molar-refractivity contribution in [2.75, 3.05) is 12.4 Å². The zero-order valence-electron chi connectivity index (χ0n) is 11.8. The summed E-state index contributed by atoms with van der Waals surface area (Å²) in [7, 11) is 0. The van der Waals surface area contributed by atoms with Crippen molar-refractivity contribution < 1.29 is 19.4 Å². The molecule has 0 atom stereocenters. The molecule has 0 saturated heterocycles. The molecule has 0 fully saturated rings. The van der Waals surface area contributed by atoms with Crippen LogP contribution in [0.3, 0.4) is 0 Å². The minimum atomic E-state index is -0.993. The highest BCUT2D eigenvalue weighted by Gasteiger charge is 2.11. The summed E-state index contributed by atoms with van der Waals surface area (Å²) < 4.78 is 6.33. The molecule has 0 aliphatic carbocycles. The molecular formula is C13H14N4O4S. The van der Waals surface area contributed by atoms with E-state index in [0.717, 1.165) is 0 Å². The van der Waals surface area contributed by atoms with E-state index in [1.807, 2.05) is 0 Å². The van der Waals surface area contributed by atoms with Crippen LogP contribution in [-0.4, -0.2) is 49.6 Å². The van der Waals surface area contributed by atoms with Gasteiger partial charge in [0.2, 0.25) is 5.16 Å². The molecule has 22 heavy (non-hydrogen) atoms. The lowest BCUT2D eigenvalue weighted by atomic mass is 10.2. The van der Waals surface area contributed by atoms with Crippen LogP contribution in [0, 0.1) is 0 Å².